The molecular weight excluding hydrogens is 234 g/mol. The van der Waals surface area contributed by atoms with E-state index < -0.39 is 8.07 Å². The minimum absolute atomic E-state index is 1.07. The van der Waals surface area contributed by atoms with Crippen LogP contribution in [0.1, 0.15) is 19.4 Å². The van der Waals surface area contributed by atoms with Gasteiger partial charge in [0, 0.05) is 6.92 Å². The number of rotatable bonds is 5. The first kappa shape index (κ1) is 14.9. The molecule has 1 aromatic rings. The largest absolute Gasteiger partial charge is 0.237 e. The third-order valence-electron chi connectivity index (χ3n) is 3.25. The Bertz CT molecular complexity index is 424. The van der Waals surface area contributed by atoms with Gasteiger partial charge in [-0.05, 0) is 17.7 Å². The molecule has 0 amide bonds. The van der Waals surface area contributed by atoms with E-state index in [-0.39, 0.29) is 0 Å². The van der Waals surface area contributed by atoms with Gasteiger partial charge in [-0.1, -0.05) is 56.0 Å². The van der Waals surface area contributed by atoms with E-state index in [0.29, 0.717) is 0 Å². The molecule has 0 aliphatic heterocycles. The summed E-state index contributed by atoms with van der Waals surface area (Å²) in [5.41, 5.74) is 1.32. The Morgan fingerprint density at radius 3 is 2.22 bits per heavy atom. The van der Waals surface area contributed by atoms with E-state index in [1.165, 1.54) is 5.56 Å². The molecule has 0 heterocycles. The Labute approximate surface area is 113 Å². The van der Waals surface area contributed by atoms with Crippen molar-refractivity contribution in [2.75, 3.05) is 13.1 Å². The second-order valence-corrected chi connectivity index (χ2v) is 10.8. The van der Waals surface area contributed by atoms with Crippen molar-refractivity contribution >= 4 is 20.4 Å². The monoisotopic (exact) mass is 260 g/mol. The lowest BCUT2D eigenvalue weighted by Crippen LogP contribution is -2.31. The molecule has 0 atom stereocenters. The van der Waals surface area contributed by atoms with Gasteiger partial charge in [-0.2, -0.15) is 0 Å². The summed E-state index contributed by atoms with van der Waals surface area (Å²) >= 11 is 0. The van der Waals surface area contributed by atoms with Gasteiger partial charge >= 0.3 is 0 Å². The van der Waals surface area contributed by atoms with Crippen molar-refractivity contribution in [2.24, 2.45) is 0 Å². The van der Waals surface area contributed by atoms with Gasteiger partial charge < -0.3 is 0 Å². The molecule has 0 radical (unpaired) electrons. The Hall–Kier alpha value is -1.15. The topological polar surface area (TPSA) is 3.01 Å². The van der Waals surface area contributed by atoms with Crippen molar-refractivity contribution in [1.82, 2.24) is 0 Å². The maximum absolute atomic E-state index is 2.42. The quantitative estimate of drug-likeness (QED) is 0.426. The van der Waals surface area contributed by atoms with E-state index in [1.54, 1.807) is 5.20 Å². The van der Waals surface area contributed by atoms with E-state index in [4.69, 9.17) is 0 Å². The zero-order valence-corrected chi connectivity index (χ0v) is 13.4. The van der Waals surface area contributed by atoms with E-state index >= 15 is 0 Å². The lowest BCUT2D eigenvalue weighted by molar-refractivity contribution is -0.510. The molecule has 2 heteroatoms. The van der Waals surface area contributed by atoms with E-state index in [9.17, 15) is 0 Å². The summed E-state index contributed by atoms with van der Waals surface area (Å²) in [6.07, 6.45) is 4.58. The third-order valence-corrected chi connectivity index (χ3v) is 5.48. The van der Waals surface area contributed by atoms with Crippen molar-refractivity contribution in [3.8, 4) is 0 Å². The second kappa shape index (κ2) is 6.69. The predicted molar refractivity (Wildman–Crippen MR) is 85.2 cm³/mol. The van der Waals surface area contributed by atoms with E-state index in [2.05, 4.69) is 80.7 Å². The van der Waals surface area contributed by atoms with Crippen LogP contribution in [0.4, 0.5) is 0 Å². The molecule has 0 spiro atoms. The average Bonchev–Trinajstić information content (AvgIpc) is 2.34. The van der Waals surface area contributed by atoms with Crippen molar-refractivity contribution in [1.29, 1.82) is 0 Å². The molecule has 0 fully saturated rings. The molecule has 0 saturated heterocycles. The van der Waals surface area contributed by atoms with Gasteiger partial charge in [0.15, 0.2) is 6.54 Å². The van der Waals surface area contributed by atoms with Crippen molar-refractivity contribution in [2.45, 2.75) is 33.5 Å². The number of likely N-dealkylation sites (N-methyl/N-ethyl adjacent to an activating group) is 1. The fourth-order valence-electron chi connectivity index (χ4n) is 1.85. The Balaban J connectivity index is 3.04. The molecule has 1 nitrogen and oxygen atoms in total. The summed E-state index contributed by atoms with van der Waals surface area (Å²) in [6, 6.07) is 10.7. The summed E-state index contributed by atoms with van der Waals surface area (Å²) in [5.74, 6) is 0. The first-order valence-electron chi connectivity index (χ1n) is 6.77. The molecule has 1 rings (SSSR count). The molecule has 98 valence electrons. The highest BCUT2D eigenvalue weighted by atomic mass is 28.3. The normalized spacial score (nSPS) is 13.8. The van der Waals surface area contributed by atoms with Crippen LogP contribution in [-0.4, -0.2) is 32.0 Å². The fourth-order valence-corrected chi connectivity index (χ4v) is 3.13. The van der Waals surface area contributed by atoms with Crippen molar-refractivity contribution in [3.63, 3.8) is 0 Å². The maximum atomic E-state index is 2.42. The summed E-state index contributed by atoms with van der Waals surface area (Å²) in [4.78, 5) is 0. The van der Waals surface area contributed by atoms with Crippen LogP contribution in [0, 0.1) is 0 Å². The van der Waals surface area contributed by atoms with Gasteiger partial charge in [-0.15, -0.1) is 0 Å². The summed E-state index contributed by atoms with van der Waals surface area (Å²) < 4.78 is 2.38. The second-order valence-electron chi connectivity index (χ2n) is 5.65. The lowest BCUT2D eigenvalue weighted by atomic mass is 10.2. The minimum Gasteiger partial charge on any atom is -0.237 e. The summed E-state index contributed by atoms with van der Waals surface area (Å²) in [7, 11) is -1.27. The molecule has 0 unspecified atom stereocenters. The smallest absolute Gasteiger partial charge is 0.160 e. The van der Waals surface area contributed by atoms with Crippen LogP contribution in [0.3, 0.4) is 0 Å². The fraction of sp³-hybridized carbons (Fsp3) is 0.438. The number of nitrogens with zero attached hydrogens (tertiary/aromatic N) is 1. The molecule has 0 aliphatic carbocycles. The first-order chi connectivity index (χ1) is 8.47. The minimum atomic E-state index is -1.27. The van der Waals surface area contributed by atoms with Gasteiger partial charge in [-0.25, -0.2) is 4.58 Å². The van der Waals surface area contributed by atoms with Gasteiger partial charge in [-0.3, -0.25) is 0 Å². The van der Waals surface area contributed by atoms with Crippen LogP contribution in [0.25, 0.3) is 6.08 Å². The zero-order chi connectivity index (χ0) is 13.6. The highest BCUT2D eigenvalue weighted by Gasteiger charge is 2.22. The van der Waals surface area contributed by atoms with Crippen LogP contribution >= 0.6 is 0 Å². The summed E-state index contributed by atoms with van der Waals surface area (Å²) in [6.45, 7) is 13.7. The van der Waals surface area contributed by atoms with Crippen molar-refractivity contribution < 1.29 is 4.58 Å². The Morgan fingerprint density at radius 2 is 1.78 bits per heavy atom. The standard InChI is InChI=1S/C16H26NSi/c1-6-17(7-2)14-16(18(3,4)5)13-15-11-9-8-10-12-15/h6,8-13H,7,14H2,1-5H3/q+1/b16-13-,17-6?. The molecule has 0 saturated carbocycles. The Morgan fingerprint density at radius 1 is 1.17 bits per heavy atom. The maximum Gasteiger partial charge on any atom is 0.160 e. The highest BCUT2D eigenvalue weighted by molar-refractivity contribution is 6.83. The van der Waals surface area contributed by atoms with Crippen LogP contribution in [0.2, 0.25) is 19.6 Å². The lowest BCUT2D eigenvalue weighted by Gasteiger charge is -2.19. The average molecular weight is 260 g/mol. The molecule has 0 N–H and O–H groups in total. The number of hydrogen-bond acceptors (Lipinski definition) is 0. The molecule has 1 aromatic carbocycles. The zero-order valence-electron chi connectivity index (χ0n) is 12.4. The van der Waals surface area contributed by atoms with Gasteiger partial charge in [0.05, 0.1) is 8.07 Å². The number of hydrogen-bond donors (Lipinski definition) is 0. The van der Waals surface area contributed by atoms with Crippen LogP contribution in [-0.2, 0) is 0 Å². The van der Waals surface area contributed by atoms with Crippen molar-refractivity contribution in [3.05, 3.63) is 41.1 Å². The molecule has 0 aromatic heterocycles. The Kier molecular flexibility index (Phi) is 5.54. The van der Waals surface area contributed by atoms with Gasteiger partial charge in [0.25, 0.3) is 0 Å². The molecule has 0 bridgehead atoms. The van der Waals surface area contributed by atoms with Gasteiger partial charge in [0.1, 0.15) is 12.8 Å². The molecule has 0 aliphatic rings. The van der Waals surface area contributed by atoms with Crippen LogP contribution < -0.4 is 0 Å². The van der Waals surface area contributed by atoms with Gasteiger partial charge in [0.2, 0.25) is 0 Å². The summed E-state index contributed by atoms with van der Waals surface area (Å²) in [5, 5.41) is 1.61. The van der Waals surface area contributed by atoms with Crippen LogP contribution in [0.5, 0.6) is 0 Å². The SMILES string of the molecule is CC=[N+](CC)C/C(=C/c1ccccc1)[Si](C)(C)C. The molecular formula is C16H26NSi+. The van der Waals surface area contributed by atoms with E-state index in [1.807, 2.05) is 0 Å². The van der Waals surface area contributed by atoms with Crippen LogP contribution in [0.15, 0.2) is 35.5 Å². The third kappa shape index (κ3) is 4.61. The number of benzene rings is 1. The first-order valence-corrected chi connectivity index (χ1v) is 10.3. The highest BCUT2D eigenvalue weighted by Crippen LogP contribution is 2.18. The predicted octanol–water partition coefficient (Wildman–Crippen LogP) is 4.07. The van der Waals surface area contributed by atoms with E-state index in [0.717, 1.165) is 13.1 Å². The molecule has 18 heavy (non-hydrogen) atoms.